The number of aryl methyl sites for hydroxylation is 1. The summed E-state index contributed by atoms with van der Waals surface area (Å²) >= 11 is 0. The van der Waals surface area contributed by atoms with Crippen LogP contribution in [0.3, 0.4) is 0 Å². The van der Waals surface area contributed by atoms with Crippen molar-refractivity contribution >= 4 is 11.9 Å². The molecule has 0 fully saturated rings. The number of esters is 1. The lowest BCUT2D eigenvalue weighted by Gasteiger charge is -2.23. The van der Waals surface area contributed by atoms with Gasteiger partial charge in [0.1, 0.15) is 5.75 Å². The molecule has 25 heavy (non-hydrogen) atoms. The van der Waals surface area contributed by atoms with E-state index in [1.165, 1.54) is 7.11 Å². The second-order valence-corrected chi connectivity index (χ2v) is 5.77. The Kier molecular flexibility index (Phi) is 6.57. The molecule has 2 aromatic carbocycles. The molecule has 1 amide bonds. The standard InChI is InChI=1S/C20H23NO4/c1-15-4-6-16(7-5-15)14-21(13-12-19(22)25-3)20(23)17-8-10-18(24-2)11-9-17/h4-11H,12-14H2,1-3H3. The van der Waals surface area contributed by atoms with Gasteiger partial charge in [-0.1, -0.05) is 29.8 Å². The Labute approximate surface area is 148 Å². The Morgan fingerprint density at radius 2 is 1.60 bits per heavy atom. The molecule has 2 rings (SSSR count). The minimum absolute atomic E-state index is 0.132. The van der Waals surface area contributed by atoms with Crippen molar-refractivity contribution in [3.8, 4) is 5.75 Å². The van der Waals surface area contributed by atoms with Gasteiger partial charge in [-0.05, 0) is 36.8 Å². The van der Waals surface area contributed by atoms with Crippen LogP contribution in [0.5, 0.6) is 5.75 Å². The lowest BCUT2D eigenvalue weighted by Crippen LogP contribution is -2.32. The van der Waals surface area contributed by atoms with E-state index in [2.05, 4.69) is 4.74 Å². The summed E-state index contributed by atoms with van der Waals surface area (Å²) in [6, 6.07) is 14.9. The normalized spacial score (nSPS) is 10.2. The fourth-order valence-electron chi connectivity index (χ4n) is 2.41. The van der Waals surface area contributed by atoms with Crippen LogP contribution >= 0.6 is 0 Å². The van der Waals surface area contributed by atoms with Crippen molar-refractivity contribution in [3.63, 3.8) is 0 Å². The minimum Gasteiger partial charge on any atom is -0.497 e. The van der Waals surface area contributed by atoms with E-state index < -0.39 is 0 Å². The van der Waals surface area contributed by atoms with Gasteiger partial charge in [0.05, 0.1) is 20.6 Å². The average molecular weight is 341 g/mol. The van der Waals surface area contributed by atoms with Crippen molar-refractivity contribution < 1.29 is 19.1 Å². The van der Waals surface area contributed by atoms with Crippen molar-refractivity contribution in [1.29, 1.82) is 0 Å². The SMILES string of the molecule is COC(=O)CCN(Cc1ccc(C)cc1)C(=O)c1ccc(OC)cc1. The Balaban J connectivity index is 2.17. The molecular formula is C20H23NO4. The smallest absolute Gasteiger partial charge is 0.307 e. The van der Waals surface area contributed by atoms with Crippen molar-refractivity contribution in [1.82, 2.24) is 4.90 Å². The highest BCUT2D eigenvalue weighted by Crippen LogP contribution is 2.15. The quantitative estimate of drug-likeness (QED) is 0.726. The molecule has 0 bridgehead atoms. The van der Waals surface area contributed by atoms with Gasteiger partial charge in [-0.2, -0.15) is 0 Å². The monoisotopic (exact) mass is 341 g/mol. The highest BCUT2D eigenvalue weighted by atomic mass is 16.5. The molecule has 5 nitrogen and oxygen atoms in total. The molecule has 0 spiro atoms. The zero-order valence-corrected chi connectivity index (χ0v) is 14.8. The van der Waals surface area contributed by atoms with Gasteiger partial charge in [0.2, 0.25) is 0 Å². The number of hydrogen-bond acceptors (Lipinski definition) is 4. The molecule has 0 unspecified atom stereocenters. The molecule has 0 aliphatic heterocycles. The minimum atomic E-state index is -0.337. The van der Waals surface area contributed by atoms with Crippen LogP contribution in [-0.4, -0.2) is 37.5 Å². The summed E-state index contributed by atoms with van der Waals surface area (Å²) in [6.45, 7) is 2.74. The summed E-state index contributed by atoms with van der Waals surface area (Å²) in [5, 5.41) is 0. The van der Waals surface area contributed by atoms with Crippen LogP contribution < -0.4 is 4.74 Å². The second kappa shape index (κ2) is 8.87. The van der Waals surface area contributed by atoms with Crippen molar-refractivity contribution in [2.75, 3.05) is 20.8 Å². The van der Waals surface area contributed by atoms with Crippen LogP contribution in [0.15, 0.2) is 48.5 Å². The van der Waals surface area contributed by atoms with E-state index in [1.807, 2.05) is 31.2 Å². The highest BCUT2D eigenvalue weighted by molar-refractivity contribution is 5.94. The molecular weight excluding hydrogens is 318 g/mol. The first kappa shape index (κ1) is 18.5. The molecule has 0 saturated heterocycles. The molecule has 0 aliphatic rings. The predicted molar refractivity (Wildman–Crippen MR) is 95.5 cm³/mol. The Morgan fingerprint density at radius 3 is 2.16 bits per heavy atom. The topological polar surface area (TPSA) is 55.8 Å². The Hall–Kier alpha value is -2.82. The van der Waals surface area contributed by atoms with Crippen LogP contribution in [0.4, 0.5) is 0 Å². The van der Waals surface area contributed by atoms with Crippen molar-refractivity contribution in [2.45, 2.75) is 19.9 Å². The zero-order chi connectivity index (χ0) is 18.2. The number of carbonyl (C=O) groups is 2. The molecule has 132 valence electrons. The number of nitrogens with zero attached hydrogens (tertiary/aromatic N) is 1. The van der Waals surface area contributed by atoms with Crippen LogP contribution in [-0.2, 0) is 16.1 Å². The molecule has 0 radical (unpaired) electrons. The second-order valence-electron chi connectivity index (χ2n) is 5.77. The summed E-state index contributed by atoms with van der Waals surface area (Å²) in [5.41, 5.74) is 2.72. The fraction of sp³-hybridized carbons (Fsp3) is 0.300. The van der Waals surface area contributed by atoms with E-state index in [-0.39, 0.29) is 18.3 Å². The fourth-order valence-corrected chi connectivity index (χ4v) is 2.41. The van der Waals surface area contributed by atoms with E-state index >= 15 is 0 Å². The first-order valence-corrected chi connectivity index (χ1v) is 8.09. The number of amides is 1. The third-order valence-corrected chi connectivity index (χ3v) is 3.93. The van der Waals surface area contributed by atoms with Gasteiger partial charge in [0, 0.05) is 18.7 Å². The lowest BCUT2D eigenvalue weighted by atomic mass is 10.1. The van der Waals surface area contributed by atoms with Crippen LogP contribution in [0.2, 0.25) is 0 Å². The third kappa shape index (κ3) is 5.35. The van der Waals surface area contributed by atoms with E-state index in [4.69, 9.17) is 4.74 Å². The summed E-state index contributed by atoms with van der Waals surface area (Å²) in [4.78, 5) is 26.0. The zero-order valence-electron chi connectivity index (χ0n) is 14.8. The maximum atomic E-state index is 12.8. The number of hydrogen-bond donors (Lipinski definition) is 0. The van der Waals surface area contributed by atoms with Gasteiger partial charge in [0.25, 0.3) is 5.91 Å². The molecule has 2 aromatic rings. The third-order valence-electron chi connectivity index (χ3n) is 3.93. The van der Waals surface area contributed by atoms with Gasteiger partial charge >= 0.3 is 5.97 Å². The molecule has 0 aliphatic carbocycles. The van der Waals surface area contributed by atoms with E-state index in [0.717, 1.165) is 11.1 Å². The Morgan fingerprint density at radius 1 is 0.960 bits per heavy atom. The summed E-state index contributed by atoms with van der Waals surface area (Å²) in [5.74, 6) is 0.222. The highest BCUT2D eigenvalue weighted by Gasteiger charge is 2.18. The maximum Gasteiger partial charge on any atom is 0.307 e. The summed E-state index contributed by atoms with van der Waals surface area (Å²) in [7, 11) is 2.93. The summed E-state index contributed by atoms with van der Waals surface area (Å²) in [6.07, 6.45) is 0.157. The van der Waals surface area contributed by atoms with Gasteiger partial charge < -0.3 is 14.4 Å². The van der Waals surface area contributed by atoms with Crippen LogP contribution in [0, 0.1) is 6.92 Å². The Bertz CT molecular complexity index is 707. The first-order valence-electron chi connectivity index (χ1n) is 8.09. The first-order chi connectivity index (χ1) is 12.0. The van der Waals surface area contributed by atoms with Crippen LogP contribution in [0.25, 0.3) is 0 Å². The van der Waals surface area contributed by atoms with E-state index in [9.17, 15) is 9.59 Å². The molecule has 0 N–H and O–H groups in total. The van der Waals surface area contributed by atoms with E-state index in [1.54, 1.807) is 36.3 Å². The van der Waals surface area contributed by atoms with Crippen molar-refractivity contribution in [3.05, 3.63) is 65.2 Å². The van der Waals surface area contributed by atoms with Gasteiger partial charge in [-0.25, -0.2) is 0 Å². The maximum absolute atomic E-state index is 12.8. The number of rotatable bonds is 7. The number of methoxy groups -OCH3 is 2. The number of ether oxygens (including phenoxy) is 2. The molecule has 0 heterocycles. The predicted octanol–water partition coefficient (Wildman–Crippen LogP) is 3.21. The van der Waals surface area contributed by atoms with Gasteiger partial charge in [-0.3, -0.25) is 9.59 Å². The number of carbonyl (C=O) groups excluding carboxylic acids is 2. The van der Waals surface area contributed by atoms with Crippen LogP contribution in [0.1, 0.15) is 27.9 Å². The van der Waals surface area contributed by atoms with E-state index in [0.29, 0.717) is 24.4 Å². The molecule has 0 atom stereocenters. The van der Waals surface area contributed by atoms with Crippen molar-refractivity contribution in [2.24, 2.45) is 0 Å². The lowest BCUT2D eigenvalue weighted by molar-refractivity contribution is -0.140. The average Bonchev–Trinajstić information content (AvgIpc) is 2.65. The largest absolute Gasteiger partial charge is 0.497 e. The molecule has 5 heteroatoms. The molecule has 0 saturated carbocycles. The molecule has 0 aromatic heterocycles. The summed E-state index contributed by atoms with van der Waals surface area (Å²) < 4.78 is 9.81. The van der Waals surface area contributed by atoms with Gasteiger partial charge in [-0.15, -0.1) is 0 Å². The van der Waals surface area contributed by atoms with Gasteiger partial charge in [0.15, 0.2) is 0 Å². The number of benzene rings is 2.